The minimum Gasteiger partial charge on any atom is -0.476 e. The fraction of sp³-hybridized carbons (Fsp3) is 0.111. The lowest BCUT2D eigenvalue weighted by Crippen LogP contribution is -1.95. The molecule has 5 heteroatoms. The van der Waals surface area contributed by atoms with Crippen LogP contribution in [-0.2, 0) is 6.42 Å². The van der Waals surface area contributed by atoms with Crippen LogP contribution in [0.3, 0.4) is 0 Å². The van der Waals surface area contributed by atoms with Gasteiger partial charge in [0.2, 0.25) is 0 Å². The number of hydrogen-bond donors (Lipinski definition) is 2. The fourth-order valence-corrected chi connectivity index (χ4v) is 1.89. The van der Waals surface area contributed by atoms with Crippen molar-refractivity contribution < 1.29 is 9.90 Å². The van der Waals surface area contributed by atoms with E-state index in [0.717, 1.165) is 5.69 Å². The molecule has 72 valence electrons. The highest BCUT2D eigenvalue weighted by Gasteiger charge is 2.08. The average molecular weight is 208 g/mol. The average Bonchev–Trinajstić information content (AvgIpc) is 2.75. The Morgan fingerprint density at radius 3 is 3.07 bits per heavy atom. The molecule has 0 spiro atoms. The van der Waals surface area contributed by atoms with Crippen molar-refractivity contribution in [3.8, 4) is 0 Å². The van der Waals surface area contributed by atoms with Crippen LogP contribution in [-0.4, -0.2) is 21.3 Å². The lowest BCUT2D eigenvalue weighted by Gasteiger charge is -1.90. The Hall–Kier alpha value is -1.62. The molecule has 4 nitrogen and oxygen atoms in total. The summed E-state index contributed by atoms with van der Waals surface area (Å²) in [5.74, 6) is -1.00. The number of carboxylic acid groups (broad SMARTS) is 1. The van der Waals surface area contributed by atoms with Crippen molar-refractivity contribution in [2.75, 3.05) is 0 Å². The number of H-pyrrole nitrogens is 1. The van der Waals surface area contributed by atoms with Crippen molar-refractivity contribution in [1.82, 2.24) is 10.2 Å². The summed E-state index contributed by atoms with van der Waals surface area (Å²) in [4.78, 5) is 11.7. The number of aromatic amines is 1. The van der Waals surface area contributed by atoms with E-state index in [1.54, 1.807) is 17.4 Å². The van der Waals surface area contributed by atoms with Crippen molar-refractivity contribution in [1.29, 1.82) is 0 Å². The van der Waals surface area contributed by atoms with Crippen LogP contribution < -0.4 is 0 Å². The highest BCUT2D eigenvalue weighted by molar-refractivity contribution is 7.09. The Labute approximate surface area is 84.2 Å². The van der Waals surface area contributed by atoms with Gasteiger partial charge in [-0.15, -0.1) is 11.3 Å². The number of carboxylic acids is 1. The normalized spacial score (nSPS) is 10.3. The van der Waals surface area contributed by atoms with Crippen LogP contribution in [0.25, 0.3) is 0 Å². The maximum Gasteiger partial charge on any atom is 0.356 e. The molecule has 0 saturated heterocycles. The summed E-state index contributed by atoms with van der Waals surface area (Å²) < 4.78 is 0. The zero-order chi connectivity index (χ0) is 9.97. The van der Waals surface area contributed by atoms with Gasteiger partial charge in [0.15, 0.2) is 5.69 Å². The van der Waals surface area contributed by atoms with E-state index < -0.39 is 5.97 Å². The number of carbonyl (C=O) groups is 1. The third-order valence-corrected chi connectivity index (χ3v) is 2.67. The first-order valence-corrected chi connectivity index (χ1v) is 4.93. The molecule has 0 radical (unpaired) electrons. The summed E-state index contributed by atoms with van der Waals surface area (Å²) in [6.45, 7) is 0. The predicted octanol–water partition coefficient (Wildman–Crippen LogP) is 1.76. The number of aromatic nitrogens is 2. The van der Waals surface area contributed by atoms with Crippen LogP contribution in [0.1, 0.15) is 21.1 Å². The zero-order valence-corrected chi connectivity index (χ0v) is 8.04. The molecule has 0 aromatic carbocycles. The first-order chi connectivity index (χ1) is 6.75. The molecule has 2 aromatic heterocycles. The van der Waals surface area contributed by atoms with E-state index in [9.17, 15) is 4.79 Å². The van der Waals surface area contributed by atoms with Crippen LogP contribution in [0.4, 0.5) is 0 Å². The molecule has 0 amide bonds. The first kappa shape index (κ1) is 8.96. The number of rotatable bonds is 3. The standard InChI is InChI=1S/C9H8N2O2S/c12-9(13)8-5-6(10-11-8)4-7-2-1-3-14-7/h1-3,5H,4H2,(H,10,11)(H,12,13). The lowest BCUT2D eigenvalue weighted by molar-refractivity contribution is 0.0690. The van der Waals surface area contributed by atoms with Crippen molar-refractivity contribution in [3.05, 3.63) is 39.8 Å². The van der Waals surface area contributed by atoms with Gasteiger partial charge in [0.1, 0.15) is 0 Å². The number of hydrogen-bond acceptors (Lipinski definition) is 3. The molecule has 0 atom stereocenters. The van der Waals surface area contributed by atoms with Gasteiger partial charge in [-0.25, -0.2) is 4.79 Å². The number of thiophene rings is 1. The van der Waals surface area contributed by atoms with Crippen LogP contribution >= 0.6 is 11.3 Å². The van der Waals surface area contributed by atoms with Crippen LogP contribution in [0.5, 0.6) is 0 Å². The van der Waals surface area contributed by atoms with Gasteiger partial charge in [-0.05, 0) is 17.5 Å². The summed E-state index contributed by atoms with van der Waals surface area (Å²) in [6.07, 6.45) is 0.706. The van der Waals surface area contributed by atoms with Gasteiger partial charge in [-0.1, -0.05) is 6.07 Å². The van der Waals surface area contributed by atoms with Crippen molar-refractivity contribution in [2.45, 2.75) is 6.42 Å². The van der Waals surface area contributed by atoms with Gasteiger partial charge in [0.25, 0.3) is 0 Å². The Morgan fingerprint density at radius 2 is 2.50 bits per heavy atom. The summed E-state index contributed by atoms with van der Waals surface area (Å²) in [7, 11) is 0. The molecule has 2 heterocycles. The third kappa shape index (κ3) is 1.82. The summed E-state index contributed by atoms with van der Waals surface area (Å²) in [5, 5.41) is 17.0. The predicted molar refractivity (Wildman–Crippen MR) is 52.7 cm³/mol. The van der Waals surface area contributed by atoms with E-state index in [4.69, 9.17) is 5.11 Å². The highest BCUT2D eigenvalue weighted by Crippen LogP contribution is 2.13. The second-order valence-corrected chi connectivity index (χ2v) is 3.87. The second kappa shape index (κ2) is 3.63. The van der Waals surface area contributed by atoms with E-state index in [2.05, 4.69) is 10.2 Å². The third-order valence-electron chi connectivity index (χ3n) is 1.79. The maximum atomic E-state index is 10.5. The van der Waals surface area contributed by atoms with Crippen molar-refractivity contribution in [3.63, 3.8) is 0 Å². The number of nitrogens with one attached hydrogen (secondary N) is 1. The fourth-order valence-electron chi connectivity index (χ4n) is 1.16. The Balaban J connectivity index is 2.14. The molecule has 2 rings (SSSR count). The topological polar surface area (TPSA) is 66.0 Å². The molecule has 0 aliphatic heterocycles. The number of nitrogens with zero attached hydrogens (tertiary/aromatic N) is 1. The van der Waals surface area contributed by atoms with Gasteiger partial charge in [-0.2, -0.15) is 5.10 Å². The van der Waals surface area contributed by atoms with Gasteiger partial charge in [0.05, 0.1) is 0 Å². The molecule has 0 unspecified atom stereocenters. The molecule has 0 aliphatic rings. The quantitative estimate of drug-likeness (QED) is 0.807. The lowest BCUT2D eigenvalue weighted by atomic mass is 10.2. The molecule has 0 bridgehead atoms. The van der Waals surface area contributed by atoms with Crippen LogP contribution in [0.2, 0.25) is 0 Å². The molecule has 2 aromatic rings. The Kier molecular flexibility index (Phi) is 2.32. The second-order valence-electron chi connectivity index (χ2n) is 2.84. The van der Waals surface area contributed by atoms with E-state index in [-0.39, 0.29) is 5.69 Å². The van der Waals surface area contributed by atoms with E-state index >= 15 is 0 Å². The molecular formula is C9H8N2O2S. The van der Waals surface area contributed by atoms with Gasteiger partial charge in [0, 0.05) is 17.0 Å². The molecular weight excluding hydrogens is 200 g/mol. The minimum absolute atomic E-state index is 0.0663. The van der Waals surface area contributed by atoms with Gasteiger partial charge < -0.3 is 5.11 Å². The largest absolute Gasteiger partial charge is 0.476 e. The molecule has 14 heavy (non-hydrogen) atoms. The van der Waals surface area contributed by atoms with E-state index in [0.29, 0.717) is 6.42 Å². The summed E-state index contributed by atoms with van der Waals surface area (Å²) in [6, 6.07) is 5.53. The van der Waals surface area contributed by atoms with E-state index in [1.807, 2.05) is 17.5 Å². The van der Waals surface area contributed by atoms with Crippen LogP contribution in [0, 0.1) is 0 Å². The van der Waals surface area contributed by atoms with E-state index in [1.165, 1.54) is 4.88 Å². The maximum absolute atomic E-state index is 10.5. The molecule has 2 N–H and O–H groups in total. The van der Waals surface area contributed by atoms with Crippen molar-refractivity contribution >= 4 is 17.3 Å². The highest BCUT2D eigenvalue weighted by atomic mass is 32.1. The minimum atomic E-state index is -1.00. The SMILES string of the molecule is O=C(O)c1cc(Cc2cccs2)[nH]n1. The summed E-state index contributed by atoms with van der Waals surface area (Å²) >= 11 is 1.64. The van der Waals surface area contributed by atoms with Crippen molar-refractivity contribution in [2.24, 2.45) is 0 Å². The van der Waals surface area contributed by atoms with Gasteiger partial charge in [-0.3, -0.25) is 5.10 Å². The zero-order valence-electron chi connectivity index (χ0n) is 7.23. The molecule has 0 aliphatic carbocycles. The summed E-state index contributed by atoms with van der Waals surface area (Å²) in [5.41, 5.74) is 0.890. The Morgan fingerprint density at radius 1 is 1.64 bits per heavy atom. The Bertz CT molecular complexity index is 433. The number of aromatic carboxylic acids is 1. The monoisotopic (exact) mass is 208 g/mol. The molecule has 0 fully saturated rings. The van der Waals surface area contributed by atoms with Crippen LogP contribution in [0.15, 0.2) is 23.6 Å². The molecule has 0 saturated carbocycles. The van der Waals surface area contributed by atoms with Gasteiger partial charge >= 0.3 is 5.97 Å². The first-order valence-electron chi connectivity index (χ1n) is 4.05. The smallest absolute Gasteiger partial charge is 0.356 e.